The Morgan fingerprint density at radius 2 is 2.05 bits per heavy atom. The first-order valence-corrected chi connectivity index (χ1v) is 8.60. The number of halogens is 1. The number of rotatable bonds is 7. The van der Waals surface area contributed by atoms with Crippen LogP contribution in [0.5, 0.6) is 0 Å². The second-order valence-corrected chi connectivity index (χ2v) is 7.14. The largest absolute Gasteiger partial charge is 0.350 e. The third kappa shape index (κ3) is 4.02. The van der Waals surface area contributed by atoms with Crippen molar-refractivity contribution in [3.05, 3.63) is 30.1 Å². The molecule has 1 aromatic rings. The molecule has 1 aliphatic carbocycles. The SMILES string of the molecule is CC(NS(=O)(=O)c1ccccc1F)C(=O)NC(CN)C1CC1. The van der Waals surface area contributed by atoms with Gasteiger partial charge in [-0.05, 0) is 37.8 Å². The molecular formula is C14H20FN3O3S. The van der Waals surface area contributed by atoms with Gasteiger partial charge in [0.05, 0.1) is 6.04 Å². The van der Waals surface area contributed by atoms with Crippen LogP contribution in [0.2, 0.25) is 0 Å². The average Bonchev–Trinajstić information content (AvgIpc) is 3.28. The molecule has 0 bridgehead atoms. The Kier molecular flexibility index (Phi) is 5.15. The van der Waals surface area contributed by atoms with Crippen LogP contribution in [0.15, 0.2) is 29.2 Å². The maximum Gasteiger partial charge on any atom is 0.244 e. The van der Waals surface area contributed by atoms with Crippen LogP contribution in [0.4, 0.5) is 4.39 Å². The first kappa shape index (κ1) is 16.9. The summed E-state index contributed by atoms with van der Waals surface area (Å²) < 4.78 is 40.0. The fourth-order valence-electron chi connectivity index (χ4n) is 2.19. The summed E-state index contributed by atoms with van der Waals surface area (Å²) in [7, 11) is -4.10. The van der Waals surface area contributed by atoms with Crippen molar-refractivity contribution in [3.8, 4) is 0 Å². The lowest BCUT2D eigenvalue weighted by molar-refractivity contribution is -0.123. The summed E-state index contributed by atoms with van der Waals surface area (Å²) in [5, 5.41) is 2.73. The van der Waals surface area contributed by atoms with E-state index in [4.69, 9.17) is 5.73 Å². The highest BCUT2D eigenvalue weighted by Crippen LogP contribution is 2.32. The Morgan fingerprint density at radius 3 is 2.59 bits per heavy atom. The number of carbonyl (C=O) groups is 1. The number of sulfonamides is 1. The highest BCUT2D eigenvalue weighted by molar-refractivity contribution is 7.89. The van der Waals surface area contributed by atoms with E-state index >= 15 is 0 Å². The van der Waals surface area contributed by atoms with Gasteiger partial charge in [0.15, 0.2) is 0 Å². The van der Waals surface area contributed by atoms with Gasteiger partial charge in [-0.3, -0.25) is 4.79 Å². The van der Waals surface area contributed by atoms with E-state index in [0.717, 1.165) is 25.0 Å². The third-order valence-electron chi connectivity index (χ3n) is 3.62. The topological polar surface area (TPSA) is 101 Å². The average molecular weight is 329 g/mol. The molecule has 1 fully saturated rings. The van der Waals surface area contributed by atoms with E-state index in [2.05, 4.69) is 10.0 Å². The Balaban J connectivity index is 2.02. The number of carbonyl (C=O) groups excluding carboxylic acids is 1. The highest BCUT2D eigenvalue weighted by Gasteiger charge is 2.33. The van der Waals surface area contributed by atoms with Gasteiger partial charge in [-0.25, -0.2) is 12.8 Å². The Morgan fingerprint density at radius 1 is 1.41 bits per heavy atom. The van der Waals surface area contributed by atoms with Crippen molar-refractivity contribution in [1.82, 2.24) is 10.0 Å². The van der Waals surface area contributed by atoms with Crippen LogP contribution >= 0.6 is 0 Å². The van der Waals surface area contributed by atoms with Gasteiger partial charge < -0.3 is 11.1 Å². The zero-order valence-corrected chi connectivity index (χ0v) is 13.1. The molecule has 2 rings (SSSR count). The van der Waals surface area contributed by atoms with E-state index in [1.54, 1.807) is 0 Å². The lowest BCUT2D eigenvalue weighted by Crippen LogP contribution is -2.50. The summed E-state index contributed by atoms with van der Waals surface area (Å²) in [6, 6.07) is 3.85. The Labute approximate surface area is 129 Å². The summed E-state index contributed by atoms with van der Waals surface area (Å²) in [4.78, 5) is 11.6. The molecule has 122 valence electrons. The fraction of sp³-hybridized carbons (Fsp3) is 0.500. The van der Waals surface area contributed by atoms with Gasteiger partial charge in [0.25, 0.3) is 0 Å². The molecule has 0 saturated heterocycles. The van der Waals surface area contributed by atoms with Crippen LogP contribution in [0.3, 0.4) is 0 Å². The molecular weight excluding hydrogens is 309 g/mol. The predicted molar refractivity (Wildman–Crippen MR) is 79.9 cm³/mol. The van der Waals surface area contributed by atoms with Crippen molar-refractivity contribution < 1.29 is 17.6 Å². The van der Waals surface area contributed by atoms with Crippen LogP contribution in [0.1, 0.15) is 19.8 Å². The van der Waals surface area contributed by atoms with Crippen molar-refractivity contribution in [3.63, 3.8) is 0 Å². The van der Waals surface area contributed by atoms with Gasteiger partial charge in [-0.2, -0.15) is 4.72 Å². The van der Waals surface area contributed by atoms with Gasteiger partial charge >= 0.3 is 0 Å². The zero-order chi connectivity index (χ0) is 16.3. The lowest BCUT2D eigenvalue weighted by Gasteiger charge is -2.20. The van der Waals surface area contributed by atoms with Gasteiger partial charge in [0.2, 0.25) is 15.9 Å². The normalized spacial score (nSPS) is 17.8. The molecule has 2 unspecified atom stereocenters. The molecule has 0 aromatic heterocycles. The lowest BCUT2D eigenvalue weighted by atomic mass is 10.2. The molecule has 0 heterocycles. The van der Waals surface area contributed by atoms with Crippen LogP contribution in [-0.4, -0.2) is 33.0 Å². The van der Waals surface area contributed by atoms with Crippen molar-refractivity contribution >= 4 is 15.9 Å². The molecule has 6 nitrogen and oxygen atoms in total. The summed E-state index contributed by atoms with van der Waals surface area (Å²) in [6.07, 6.45) is 2.02. The maximum atomic E-state index is 13.6. The number of hydrogen-bond acceptors (Lipinski definition) is 4. The molecule has 1 aromatic carbocycles. The van der Waals surface area contributed by atoms with E-state index in [1.807, 2.05) is 0 Å². The molecule has 1 amide bonds. The summed E-state index contributed by atoms with van der Waals surface area (Å²) >= 11 is 0. The van der Waals surface area contributed by atoms with Crippen molar-refractivity contribution in [2.24, 2.45) is 11.7 Å². The van der Waals surface area contributed by atoms with Crippen molar-refractivity contribution in [1.29, 1.82) is 0 Å². The highest BCUT2D eigenvalue weighted by atomic mass is 32.2. The second kappa shape index (κ2) is 6.72. The second-order valence-electron chi connectivity index (χ2n) is 5.46. The summed E-state index contributed by atoms with van der Waals surface area (Å²) in [5.74, 6) is -0.966. The van der Waals surface area contributed by atoms with Crippen LogP contribution < -0.4 is 15.8 Å². The Hall–Kier alpha value is -1.51. The first-order chi connectivity index (χ1) is 10.3. The van der Waals surface area contributed by atoms with Crippen molar-refractivity contribution in [2.75, 3.05) is 6.54 Å². The van der Waals surface area contributed by atoms with Crippen LogP contribution in [-0.2, 0) is 14.8 Å². The first-order valence-electron chi connectivity index (χ1n) is 7.12. The molecule has 1 aliphatic rings. The third-order valence-corrected chi connectivity index (χ3v) is 5.20. The van der Waals surface area contributed by atoms with Gasteiger partial charge in [-0.15, -0.1) is 0 Å². The van der Waals surface area contributed by atoms with E-state index in [1.165, 1.54) is 19.1 Å². The minimum absolute atomic E-state index is 0.145. The number of hydrogen-bond donors (Lipinski definition) is 3. The zero-order valence-electron chi connectivity index (χ0n) is 12.3. The molecule has 0 aliphatic heterocycles. The van der Waals surface area contributed by atoms with Gasteiger partial charge in [-0.1, -0.05) is 12.1 Å². The van der Waals surface area contributed by atoms with E-state index < -0.39 is 32.7 Å². The molecule has 0 radical (unpaired) electrons. The number of nitrogens with one attached hydrogen (secondary N) is 2. The van der Waals surface area contributed by atoms with E-state index in [-0.39, 0.29) is 6.04 Å². The molecule has 2 atom stereocenters. The Bertz CT molecular complexity index is 646. The standard InChI is InChI=1S/C14H20FN3O3S/c1-9(14(19)17-12(8-16)10-6-7-10)18-22(20,21)13-5-3-2-4-11(13)15/h2-5,9-10,12,18H,6-8,16H2,1H3,(H,17,19). The molecule has 1 saturated carbocycles. The number of amides is 1. The minimum atomic E-state index is -4.10. The van der Waals surface area contributed by atoms with Gasteiger partial charge in [0, 0.05) is 12.6 Å². The fourth-order valence-corrected chi connectivity index (χ4v) is 3.47. The molecule has 0 spiro atoms. The quantitative estimate of drug-likeness (QED) is 0.671. The predicted octanol–water partition coefficient (Wildman–Crippen LogP) is 0.346. The maximum absolute atomic E-state index is 13.6. The van der Waals surface area contributed by atoms with Crippen LogP contribution in [0.25, 0.3) is 0 Å². The van der Waals surface area contributed by atoms with Crippen molar-refractivity contribution in [2.45, 2.75) is 36.7 Å². The van der Waals surface area contributed by atoms with E-state index in [0.29, 0.717) is 12.5 Å². The molecule has 8 heteroatoms. The van der Waals surface area contributed by atoms with E-state index in [9.17, 15) is 17.6 Å². The van der Waals surface area contributed by atoms with Crippen LogP contribution in [0, 0.1) is 11.7 Å². The van der Waals surface area contributed by atoms with Gasteiger partial charge in [0.1, 0.15) is 10.7 Å². The molecule has 4 N–H and O–H groups in total. The molecule has 22 heavy (non-hydrogen) atoms. The summed E-state index contributed by atoms with van der Waals surface area (Å²) in [6.45, 7) is 1.72. The minimum Gasteiger partial charge on any atom is -0.350 e. The number of nitrogens with two attached hydrogens (primary N) is 1. The summed E-state index contributed by atoms with van der Waals surface area (Å²) in [5.41, 5.74) is 5.60. The monoisotopic (exact) mass is 329 g/mol. The number of benzene rings is 1. The smallest absolute Gasteiger partial charge is 0.244 e.